The SMILES string of the molecule is COc1cc(CSc2nc3c(-c4ccc(Br)cc4)cnn3c(=O)[nH]2)cc(OC)c1. The Kier molecular flexibility index (Phi) is 5.59. The molecule has 29 heavy (non-hydrogen) atoms. The molecule has 1 N–H and O–H groups in total. The first-order valence-electron chi connectivity index (χ1n) is 8.66. The summed E-state index contributed by atoms with van der Waals surface area (Å²) >= 11 is 4.86. The van der Waals surface area contributed by atoms with E-state index in [0.29, 0.717) is 28.1 Å². The average Bonchev–Trinajstić information content (AvgIpc) is 3.17. The Morgan fingerprint density at radius 2 is 1.79 bits per heavy atom. The third kappa shape index (κ3) is 4.15. The van der Waals surface area contributed by atoms with E-state index in [9.17, 15) is 4.79 Å². The highest BCUT2D eigenvalue weighted by molar-refractivity contribution is 9.10. The van der Waals surface area contributed by atoms with Gasteiger partial charge in [-0.25, -0.2) is 9.78 Å². The van der Waals surface area contributed by atoms with Gasteiger partial charge in [-0.1, -0.05) is 39.8 Å². The molecule has 0 fully saturated rings. The first kappa shape index (κ1) is 19.5. The largest absolute Gasteiger partial charge is 0.497 e. The third-order valence-corrected chi connectivity index (χ3v) is 5.77. The van der Waals surface area contributed by atoms with Crippen LogP contribution in [0.1, 0.15) is 5.56 Å². The Balaban J connectivity index is 1.66. The number of rotatable bonds is 6. The Hall–Kier alpha value is -2.78. The van der Waals surface area contributed by atoms with E-state index < -0.39 is 0 Å². The molecule has 4 rings (SSSR count). The van der Waals surface area contributed by atoms with Gasteiger partial charge in [0.1, 0.15) is 11.5 Å². The van der Waals surface area contributed by atoms with Gasteiger partial charge in [-0.3, -0.25) is 4.98 Å². The number of aromatic nitrogens is 4. The molecule has 0 bridgehead atoms. The molecule has 4 aromatic rings. The summed E-state index contributed by atoms with van der Waals surface area (Å²) in [4.78, 5) is 19.9. The number of fused-ring (bicyclic) bond motifs is 1. The second-order valence-electron chi connectivity index (χ2n) is 6.16. The van der Waals surface area contributed by atoms with Gasteiger partial charge in [0.25, 0.3) is 0 Å². The summed E-state index contributed by atoms with van der Waals surface area (Å²) in [5.74, 6) is 2.02. The summed E-state index contributed by atoms with van der Waals surface area (Å²) in [6, 6.07) is 13.5. The van der Waals surface area contributed by atoms with Crippen molar-refractivity contribution in [3.63, 3.8) is 0 Å². The monoisotopic (exact) mass is 472 g/mol. The standard InChI is InChI=1S/C20H17BrN4O3S/c1-27-15-7-12(8-16(9-15)28-2)11-29-19-23-18-17(10-22-25(18)20(26)24-19)13-3-5-14(21)6-4-13/h3-10H,11H2,1-2H3,(H,23,24,26). The van der Waals surface area contributed by atoms with Crippen molar-refractivity contribution in [2.45, 2.75) is 10.9 Å². The van der Waals surface area contributed by atoms with Gasteiger partial charge in [0.05, 0.1) is 20.4 Å². The van der Waals surface area contributed by atoms with Crippen LogP contribution in [0.2, 0.25) is 0 Å². The second kappa shape index (κ2) is 8.30. The van der Waals surface area contributed by atoms with E-state index in [1.807, 2.05) is 42.5 Å². The van der Waals surface area contributed by atoms with Gasteiger partial charge < -0.3 is 9.47 Å². The number of hydrogen-bond donors (Lipinski definition) is 1. The predicted molar refractivity (Wildman–Crippen MR) is 116 cm³/mol. The zero-order chi connectivity index (χ0) is 20.4. The number of benzene rings is 2. The summed E-state index contributed by atoms with van der Waals surface area (Å²) in [6.07, 6.45) is 1.65. The number of nitrogens with one attached hydrogen (secondary N) is 1. The summed E-state index contributed by atoms with van der Waals surface area (Å²) in [5.41, 5.74) is 2.92. The molecule has 0 aliphatic rings. The van der Waals surface area contributed by atoms with Crippen molar-refractivity contribution in [1.29, 1.82) is 0 Å². The fourth-order valence-electron chi connectivity index (χ4n) is 2.87. The van der Waals surface area contributed by atoms with Crippen LogP contribution in [0.4, 0.5) is 0 Å². The molecule has 7 nitrogen and oxygen atoms in total. The van der Waals surface area contributed by atoms with E-state index in [-0.39, 0.29) is 5.69 Å². The Labute approximate surface area is 179 Å². The van der Waals surface area contributed by atoms with Gasteiger partial charge in [-0.2, -0.15) is 9.61 Å². The number of H-pyrrole nitrogens is 1. The molecule has 148 valence electrons. The molecule has 0 amide bonds. The lowest BCUT2D eigenvalue weighted by molar-refractivity contribution is 0.393. The number of ether oxygens (including phenoxy) is 2. The molecule has 0 radical (unpaired) electrons. The van der Waals surface area contributed by atoms with Crippen molar-refractivity contribution in [3.8, 4) is 22.6 Å². The summed E-state index contributed by atoms with van der Waals surface area (Å²) in [7, 11) is 3.23. The number of methoxy groups -OCH3 is 2. The van der Waals surface area contributed by atoms with E-state index in [1.165, 1.54) is 16.3 Å². The van der Waals surface area contributed by atoms with Crippen LogP contribution in [0, 0.1) is 0 Å². The zero-order valence-electron chi connectivity index (χ0n) is 15.7. The smallest absolute Gasteiger partial charge is 0.350 e. The number of hydrogen-bond acceptors (Lipinski definition) is 6. The van der Waals surface area contributed by atoms with E-state index in [0.717, 1.165) is 21.2 Å². The maximum Gasteiger partial charge on any atom is 0.350 e. The Morgan fingerprint density at radius 1 is 1.10 bits per heavy atom. The quantitative estimate of drug-likeness (QED) is 0.424. The topological polar surface area (TPSA) is 81.5 Å². The Morgan fingerprint density at radius 3 is 2.45 bits per heavy atom. The number of aromatic amines is 1. The van der Waals surface area contributed by atoms with E-state index >= 15 is 0 Å². The Bertz CT molecular complexity index is 1200. The molecule has 0 unspecified atom stereocenters. The first-order chi connectivity index (χ1) is 14.1. The molecule has 0 saturated carbocycles. The molecule has 2 aromatic carbocycles. The van der Waals surface area contributed by atoms with E-state index in [4.69, 9.17) is 9.47 Å². The summed E-state index contributed by atoms with van der Waals surface area (Å²) < 4.78 is 12.9. The average molecular weight is 473 g/mol. The van der Waals surface area contributed by atoms with Crippen molar-refractivity contribution < 1.29 is 9.47 Å². The van der Waals surface area contributed by atoms with Crippen molar-refractivity contribution in [1.82, 2.24) is 19.6 Å². The molecule has 0 saturated heterocycles. The highest BCUT2D eigenvalue weighted by atomic mass is 79.9. The third-order valence-electron chi connectivity index (χ3n) is 4.30. The van der Waals surface area contributed by atoms with Gasteiger partial charge in [0.2, 0.25) is 0 Å². The van der Waals surface area contributed by atoms with Gasteiger partial charge in [0.15, 0.2) is 10.8 Å². The molecule has 0 aliphatic carbocycles. The van der Waals surface area contributed by atoms with Crippen LogP contribution in [0.25, 0.3) is 16.8 Å². The molecule has 2 heterocycles. The van der Waals surface area contributed by atoms with Crippen molar-refractivity contribution in [2.75, 3.05) is 14.2 Å². The van der Waals surface area contributed by atoms with Gasteiger partial charge in [-0.15, -0.1) is 0 Å². The van der Waals surface area contributed by atoms with Crippen LogP contribution in [0.5, 0.6) is 11.5 Å². The fraction of sp³-hybridized carbons (Fsp3) is 0.150. The van der Waals surface area contributed by atoms with Crippen LogP contribution in [0.3, 0.4) is 0 Å². The number of halogens is 1. The summed E-state index contributed by atoms with van der Waals surface area (Å²) in [6.45, 7) is 0. The predicted octanol–water partition coefficient (Wildman–Crippen LogP) is 4.16. The molecule has 0 atom stereocenters. The lowest BCUT2D eigenvalue weighted by atomic mass is 10.1. The number of thioether (sulfide) groups is 1. The minimum absolute atomic E-state index is 0.330. The van der Waals surface area contributed by atoms with Crippen LogP contribution >= 0.6 is 27.7 Å². The van der Waals surface area contributed by atoms with Crippen molar-refractivity contribution in [2.24, 2.45) is 0 Å². The van der Waals surface area contributed by atoms with Crippen LogP contribution in [-0.2, 0) is 5.75 Å². The highest BCUT2D eigenvalue weighted by Crippen LogP contribution is 2.28. The van der Waals surface area contributed by atoms with E-state index in [2.05, 4.69) is 31.0 Å². The van der Waals surface area contributed by atoms with Gasteiger partial charge in [-0.05, 0) is 35.4 Å². The molecule has 0 aliphatic heterocycles. The van der Waals surface area contributed by atoms with Crippen molar-refractivity contribution >= 4 is 33.3 Å². The zero-order valence-corrected chi connectivity index (χ0v) is 18.1. The minimum atomic E-state index is -0.330. The molecule has 9 heteroatoms. The maximum atomic E-state index is 12.5. The molecular weight excluding hydrogens is 456 g/mol. The number of nitrogens with zero attached hydrogens (tertiary/aromatic N) is 3. The van der Waals surface area contributed by atoms with Gasteiger partial charge in [0, 0.05) is 21.9 Å². The molecule has 0 spiro atoms. The van der Waals surface area contributed by atoms with Crippen LogP contribution < -0.4 is 15.2 Å². The second-order valence-corrected chi connectivity index (χ2v) is 8.04. The fourth-order valence-corrected chi connectivity index (χ4v) is 3.91. The summed E-state index contributed by atoms with van der Waals surface area (Å²) in [5, 5.41) is 4.69. The molecular formula is C20H17BrN4O3S. The lowest BCUT2D eigenvalue weighted by Gasteiger charge is -2.08. The normalized spacial score (nSPS) is 11.0. The maximum absolute atomic E-state index is 12.5. The van der Waals surface area contributed by atoms with Gasteiger partial charge >= 0.3 is 5.69 Å². The minimum Gasteiger partial charge on any atom is -0.497 e. The molecule has 2 aromatic heterocycles. The van der Waals surface area contributed by atoms with Crippen LogP contribution in [0.15, 0.2) is 63.1 Å². The van der Waals surface area contributed by atoms with Crippen molar-refractivity contribution in [3.05, 3.63) is 69.2 Å². The first-order valence-corrected chi connectivity index (χ1v) is 10.4. The lowest BCUT2D eigenvalue weighted by Crippen LogP contribution is -2.19. The highest BCUT2D eigenvalue weighted by Gasteiger charge is 2.13. The van der Waals surface area contributed by atoms with E-state index in [1.54, 1.807) is 20.4 Å². The van der Waals surface area contributed by atoms with Crippen LogP contribution in [-0.4, -0.2) is 33.8 Å².